The zero-order valence-corrected chi connectivity index (χ0v) is 12.9. The molecule has 1 saturated carbocycles. The lowest BCUT2D eigenvalue weighted by Crippen LogP contribution is -2.44. The largest absolute Gasteiger partial charge is 0.392 e. The molecule has 3 heteroatoms. The van der Waals surface area contributed by atoms with Crippen LogP contribution in [0.5, 0.6) is 0 Å². The zero-order valence-electron chi connectivity index (χ0n) is 12.9. The third kappa shape index (κ3) is 4.73. The van der Waals surface area contributed by atoms with Crippen molar-refractivity contribution in [2.75, 3.05) is 13.1 Å². The molecule has 0 radical (unpaired) electrons. The van der Waals surface area contributed by atoms with Gasteiger partial charge in [0.25, 0.3) is 0 Å². The molecule has 1 heterocycles. The van der Waals surface area contributed by atoms with Gasteiger partial charge in [-0.05, 0) is 50.0 Å². The van der Waals surface area contributed by atoms with Crippen LogP contribution in [0.25, 0.3) is 0 Å². The van der Waals surface area contributed by atoms with E-state index in [9.17, 15) is 5.11 Å². The van der Waals surface area contributed by atoms with Gasteiger partial charge in [0.2, 0.25) is 0 Å². The lowest BCUT2D eigenvalue weighted by molar-refractivity contribution is 0.113. The predicted octanol–water partition coefficient (Wildman–Crippen LogP) is 2.29. The van der Waals surface area contributed by atoms with Crippen LogP contribution < -0.4 is 10.6 Å². The van der Waals surface area contributed by atoms with Crippen molar-refractivity contribution < 1.29 is 5.11 Å². The lowest BCUT2D eigenvalue weighted by atomic mass is 9.89. The van der Waals surface area contributed by atoms with Crippen LogP contribution in [0.2, 0.25) is 0 Å². The van der Waals surface area contributed by atoms with Gasteiger partial charge in [-0.3, -0.25) is 0 Å². The molecule has 3 N–H and O–H groups in total. The summed E-state index contributed by atoms with van der Waals surface area (Å²) in [6, 6.07) is 1.34. The highest BCUT2D eigenvalue weighted by Crippen LogP contribution is 2.32. The molecule has 1 aliphatic heterocycles. The van der Waals surface area contributed by atoms with Crippen LogP contribution in [0.3, 0.4) is 0 Å². The third-order valence-electron chi connectivity index (χ3n) is 4.65. The molecular formula is C16H32N2O. The maximum atomic E-state index is 10.1. The summed E-state index contributed by atoms with van der Waals surface area (Å²) in [5.74, 6) is 0.782. The molecule has 2 rings (SSSR count). The van der Waals surface area contributed by atoms with Crippen molar-refractivity contribution in [3.05, 3.63) is 0 Å². The standard InChI is InChI=1S/C16H32N2O/c1-16(2,3)10-12(19)11-18-15-7-4-6-13(15)14-8-5-9-17-14/h12-15,17-19H,4-11H2,1-3H3. The Balaban J connectivity index is 1.75. The van der Waals surface area contributed by atoms with Crippen LogP contribution in [0, 0.1) is 11.3 Å². The second-order valence-electron chi connectivity index (χ2n) is 7.73. The van der Waals surface area contributed by atoms with Crippen LogP contribution in [0.4, 0.5) is 0 Å². The molecule has 3 nitrogen and oxygen atoms in total. The smallest absolute Gasteiger partial charge is 0.0669 e. The Labute approximate surface area is 118 Å². The van der Waals surface area contributed by atoms with E-state index in [1.54, 1.807) is 0 Å². The first-order chi connectivity index (χ1) is 8.96. The molecule has 0 bridgehead atoms. The van der Waals surface area contributed by atoms with Crippen LogP contribution in [-0.2, 0) is 0 Å². The molecule has 0 spiro atoms. The Hall–Kier alpha value is -0.120. The van der Waals surface area contributed by atoms with E-state index < -0.39 is 0 Å². The van der Waals surface area contributed by atoms with Gasteiger partial charge < -0.3 is 15.7 Å². The zero-order chi connectivity index (χ0) is 13.9. The summed E-state index contributed by atoms with van der Waals surface area (Å²) in [4.78, 5) is 0. The van der Waals surface area contributed by atoms with Crippen molar-refractivity contribution in [1.82, 2.24) is 10.6 Å². The predicted molar refractivity (Wildman–Crippen MR) is 80.2 cm³/mol. The number of rotatable bonds is 5. The first kappa shape index (κ1) is 15.3. The number of hydrogen-bond acceptors (Lipinski definition) is 3. The summed E-state index contributed by atoms with van der Waals surface area (Å²) in [6.07, 6.45) is 7.32. The van der Waals surface area contributed by atoms with Gasteiger partial charge >= 0.3 is 0 Å². The molecule has 0 aromatic rings. The Morgan fingerprint density at radius 2 is 2.00 bits per heavy atom. The van der Waals surface area contributed by atoms with Crippen molar-refractivity contribution in [2.45, 2.75) is 77.5 Å². The molecule has 0 aromatic heterocycles. The molecule has 0 amide bonds. The molecule has 0 aromatic carbocycles. The molecule has 4 atom stereocenters. The van der Waals surface area contributed by atoms with Crippen LogP contribution in [-0.4, -0.2) is 36.4 Å². The van der Waals surface area contributed by atoms with Crippen molar-refractivity contribution in [1.29, 1.82) is 0 Å². The number of aliphatic hydroxyl groups is 1. The van der Waals surface area contributed by atoms with Gasteiger partial charge in [0, 0.05) is 18.6 Å². The number of nitrogens with one attached hydrogen (secondary N) is 2. The summed E-state index contributed by atoms with van der Waals surface area (Å²) in [7, 11) is 0. The van der Waals surface area contributed by atoms with E-state index in [4.69, 9.17) is 0 Å². The average Bonchev–Trinajstić information content (AvgIpc) is 2.94. The van der Waals surface area contributed by atoms with Crippen molar-refractivity contribution in [3.8, 4) is 0 Å². The van der Waals surface area contributed by atoms with E-state index in [2.05, 4.69) is 31.4 Å². The van der Waals surface area contributed by atoms with E-state index in [1.165, 1.54) is 38.6 Å². The minimum Gasteiger partial charge on any atom is -0.392 e. The highest BCUT2D eigenvalue weighted by Gasteiger charge is 2.34. The summed E-state index contributed by atoms with van der Waals surface area (Å²) in [6.45, 7) is 8.52. The van der Waals surface area contributed by atoms with Gasteiger partial charge in [-0.25, -0.2) is 0 Å². The SMILES string of the molecule is CC(C)(C)CC(O)CNC1CCCC1C1CCCN1. The van der Waals surface area contributed by atoms with E-state index in [1.807, 2.05) is 0 Å². The van der Waals surface area contributed by atoms with Gasteiger partial charge in [0.1, 0.15) is 0 Å². The molecule has 2 aliphatic rings. The first-order valence-electron chi connectivity index (χ1n) is 8.10. The Bertz CT molecular complexity index is 268. The summed E-state index contributed by atoms with van der Waals surface area (Å²) in [5, 5.41) is 17.4. The molecule has 2 fully saturated rings. The molecule has 4 unspecified atom stereocenters. The van der Waals surface area contributed by atoms with Gasteiger partial charge in [-0.15, -0.1) is 0 Å². The summed E-state index contributed by atoms with van der Waals surface area (Å²) < 4.78 is 0. The van der Waals surface area contributed by atoms with Gasteiger partial charge in [0.15, 0.2) is 0 Å². The Morgan fingerprint density at radius 3 is 2.63 bits per heavy atom. The third-order valence-corrected chi connectivity index (χ3v) is 4.65. The monoisotopic (exact) mass is 268 g/mol. The highest BCUT2D eigenvalue weighted by atomic mass is 16.3. The molecule has 112 valence electrons. The molecule has 1 aliphatic carbocycles. The quantitative estimate of drug-likeness (QED) is 0.717. The van der Waals surface area contributed by atoms with Crippen molar-refractivity contribution >= 4 is 0 Å². The topological polar surface area (TPSA) is 44.3 Å². The Morgan fingerprint density at radius 1 is 1.21 bits per heavy atom. The maximum Gasteiger partial charge on any atom is 0.0669 e. The van der Waals surface area contributed by atoms with E-state index in [-0.39, 0.29) is 11.5 Å². The highest BCUT2D eigenvalue weighted by molar-refractivity contribution is 4.93. The van der Waals surface area contributed by atoms with Gasteiger partial charge in [0.05, 0.1) is 6.10 Å². The van der Waals surface area contributed by atoms with E-state index in [0.29, 0.717) is 6.04 Å². The fraction of sp³-hybridized carbons (Fsp3) is 1.00. The van der Waals surface area contributed by atoms with Crippen molar-refractivity contribution in [2.24, 2.45) is 11.3 Å². The van der Waals surface area contributed by atoms with Gasteiger partial charge in [-0.2, -0.15) is 0 Å². The van der Waals surface area contributed by atoms with Crippen molar-refractivity contribution in [3.63, 3.8) is 0 Å². The van der Waals surface area contributed by atoms with Crippen LogP contribution in [0.1, 0.15) is 59.3 Å². The molecule has 1 saturated heterocycles. The lowest BCUT2D eigenvalue weighted by Gasteiger charge is -2.29. The second kappa shape index (κ2) is 6.55. The number of aliphatic hydroxyl groups excluding tert-OH is 1. The van der Waals surface area contributed by atoms with E-state index >= 15 is 0 Å². The minimum atomic E-state index is -0.210. The minimum absolute atomic E-state index is 0.210. The van der Waals surface area contributed by atoms with Crippen LogP contribution >= 0.6 is 0 Å². The summed E-state index contributed by atoms with van der Waals surface area (Å²) >= 11 is 0. The normalized spacial score (nSPS) is 33.8. The fourth-order valence-corrected chi connectivity index (χ4v) is 3.87. The number of hydrogen-bond donors (Lipinski definition) is 3. The fourth-order valence-electron chi connectivity index (χ4n) is 3.87. The van der Waals surface area contributed by atoms with Crippen LogP contribution in [0.15, 0.2) is 0 Å². The van der Waals surface area contributed by atoms with Gasteiger partial charge in [-0.1, -0.05) is 27.2 Å². The Kier molecular flexibility index (Phi) is 5.27. The molecular weight excluding hydrogens is 236 g/mol. The first-order valence-corrected chi connectivity index (χ1v) is 8.10. The second-order valence-corrected chi connectivity index (χ2v) is 7.73. The average molecular weight is 268 g/mol. The molecule has 19 heavy (non-hydrogen) atoms. The maximum absolute atomic E-state index is 10.1. The summed E-state index contributed by atoms with van der Waals surface area (Å²) in [5.41, 5.74) is 0.211. The van der Waals surface area contributed by atoms with E-state index in [0.717, 1.165) is 24.9 Å².